The van der Waals surface area contributed by atoms with E-state index in [0.29, 0.717) is 0 Å². The second-order valence-corrected chi connectivity index (χ2v) is 6.63. The van der Waals surface area contributed by atoms with Gasteiger partial charge in [-0.25, -0.2) is 0 Å². The molecule has 4 heteroatoms. The van der Waals surface area contributed by atoms with Crippen molar-refractivity contribution in [2.75, 3.05) is 5.33 Å². The fourth-order valence-corrected chi connectivity index (χ4v) is 4.01. The predicted octanol–water partition coefficient (Wildman–Crippen LogP) is 2.75. The van der Waals surface area contributed by atoms with E-state index < -0.39 is 0 Å². The van der Waals surface area contributed by atoms with E-state index in [9.17, 15) is 4.79 Å². The molecule has 0 aromatic heterocycles. The Morgan fingerprint density at radius 2 is 2.24 bits per heavy atom. The van der Waals surface area contributed by atoms with Gasteiger partial charge in [-0.1, -0.05) is 34.1 Å². The molecule has 1 unspecified atom stereocenters. The van der Waals surface area contributed by atoms with Gasteiger partial charge in [-0.2, -0.15) is 0 Å². The van der Waals surface area contributed by atoms with E-state index in [0.717, 1.165) is 24.6 Å². The minimum atomic E-state index is 0.0592. The van der Waals surface area contributed by atoms with Gasteiger partial charge >= 0.3 is 0 Å². The van der Waals surface area contributed by atoms with Crippen molar-refractivity contribution >= 4 is 33.6 Å². The van der Waals surface area contributed by atoms with E-state index >= 15 is 0 Å². The van der Waals surface area contributed by atoms with Crippen molar-refractivity contribution in [3.05, 3.63) is 29.8 Å². The summed E-state index contributed by atoms with van der Waals surface area (Å²) < 4.78 is 0. The molecule has 1 aliphatic heterocycles. The van der Waals surface area contributed by atoms with Crippen LogP contribution in [0.5, 0.6) is 0 Å². The third kappa shape index (κ3) is 2.25. The highest BCUT2D eigenvalue weighted by molar-refractivity contribution is 9.09. The Labute approximate surface area is 114 Å². The Morgan fingerprint density at radius 1 is 1.47 bits per heavy atom. The van der Waals surface area contributed by atoms with Crippen molar-refractivity contribution in [1.29, 1.82) is 0 Å². The molecular formula is C13H14BrNOS. The molecule has 0 saturated heterocycles. The number of nitrogens with one attached hydrogen (secondary N) is 1. The lowest BCUT2D eigenvalue weighted by molar-refractivity contribution is -0.121. The maximum Gasteiger partial charge on any atom is 0.234 e. The first-order valence-electron chi connectivity index (χ1n) is 5.85. The van der Waals surface area contributed by atoms with E-state index in [1.807, 2.05) is 12.1 Å². The molecule has 1 saturated carbocycles. The number of rotatable bonds is 3. The largest absolute Gasteiger partial charge is 0.349 e. The molecule has 0 radical (unpaired) electrons. The van der Waals surface area contributed by atoms with Crippen LogP contribution in [0, 0.1) is 0 Å². The first kappa shape index (κ1) is 11.6. The van der Waals surface area contributed by atoms with Gasteiger partial charge < -0.3 is 5.32 Å². The van der Waals surface area contributed by atoms with E-state index in [4.69, 9.17) is 0 Å². The smallest absolute Gasteiger partial charge is 0.234 e. The van der Waals surface area contributed by atoms with E-state index in [2.05, 4.69) is 33.4 Å². The molecule has 1 amide bonds. The summed E-state index contributed by atoms with van der Waals surface area (Å²) in [6.45, 7) is 0. The van der Waals surface area contributed by atoms with Crippen molar-refractivity contribution in [3.63, 3.8) is 0 Å². The third-order valence-electron chi connectivity index (χ3n) is 3.44. The SMILES string of the molecule is O=C(NC1(CBr)CC1)C1Cc2ccccc2S1. The van der Waals surface area contributed by atoms with Gasteiger partial charge in [0.05, 0.1) is 5.25 Å². The van der Waals surface area contributed by atoms with Crippen LogP contribution in [0.2, 0.25) is 0 Å². The number of fused-ring (bicyclic) bond motifs is 1. The van der Waals surface area contributed by atoms with Crippen molar-refractivity contribution in [3.8, 4) is 0 Å². The Balaban J connectivity index is 1.66. The highest BCUT2D eigenvalue weighted by Gasteiger charge is 2.44. The first-order chi connectivity index (χ1) is 8.22. The zero-order valence-electron chi connectivity index (χ0n) is 9.41. The summed E-state index contributed by atoms with van der Waals surface area (Å²) in [5.41, 5.74) is 1.37. The van der Waals surface area contributed by atoms with Crippen molar-refractivity contribution in [1.82, 2.24) is 5.32 Å². The molecule has 2 nitrogen and oxygen atoms in total. The zero-order valence-corrected chi connectivity index (χ0v) is 11.8. The van der Waals surface area contributed by atoms with E-state index in [1.165, 1.54) is 10.5 Å². The minimum absolute atomic E-state index is 0.0592. The molecule has 1 atom stereocenters. The molecule has 90 valence electrons. The number of alkyl halides is 1. The highest BCUT2D eigenvalue weighted by Crippen LogP contribution is 2.40. The average molecular weight is 312 g/mol. The van der Waals surface area contributed by atoms with Gasteiger partial charge in [0, 0.05) is 15.8 Å². The van der Waals surface area contributed by atoms with Crippen molar-refractivity contribution < 1.29 is 4.79 Å². The van der Waals surface area contributed by atoms with Crippen LogP contribution in [-0.4, -0.2) is 22.0 Å². The number of amides is 1. The van der Waals surface area contributed by atoms with E-state index in [-0.39, 0.29) is 16.7 Å². The molecular weight excluding hydrogens is 298 g/mol. The van der Waals surface area contributed by atoms with Gasteiger partial charge in [0.1, 0.15) is 0 Å². The Hall–Kier alpha value is -0.480. The van der Waals surface area contributed by atoms with Crippen LogP contribution >= 0.6 is 27.7 Å². The zero-order chi connectivity index (χ0) is 11.9. The lowest BCUT2D eigenvalue weighted by Crippen LogP contribution is -2.42. The van der Waals surface area contributed by atoms with Crippen LogP contribution in [0.4, 0.5) is 0 Å². The normalized spacial score (nSPS) is 24.2. The fourth-order valence-electron chi connectivity index (χ4n) is 2.11. The van der Waals surface area contributed by atoms with Crippen LogP contribution in [0.3, 0.4) is 0 Å². The molecule has 0 spiro atoms. The lowest BCUT2D eigenvalue weighted by Gasteiger charge is -2.17. The fraction of sp³-hybridized carbons (Fsp3) is 0.462. The maximum atomic E-state index is 12.2. The number of hydrogen-bond acceptors (Lipinski definition) is 2. The Bertz CT molecular complexity index is 433. The number of halogens is 1. The number of hydrogen-bond donors (Lipinski definition) is 1. The van der Waals surface area contributed by atoms with Crippen LogP contribution < -0.4 is 5.32 Å². The quantitative estimate of drug-likeness (QED) is 0.870. The Morgan fingerprint density at radius 3 is 2.88 bits per heavy atom. The molecule has 1 aliphatic carbocycles. The molecule has 2 aliphatic rings. The molecule has 1 aromatic carbocycles. The standard InChI is InChI=1S/C13H14BrNOS/c14-8-13(5-6-13)15-12(16)11-7-9-3-1-2-4-10(9)17-11/h1-4,11H,5-8H2,(H,15,16). The van der Waals surface area contributed by atoms with Gasteiger partial charge in [-0.15, -0.1) is 11.8 Å². The van der Waals surface area contributed by atoms with Gasteiger partial charge in [-0.05, 0) is 30.9 Å². The topological polar surface area (TPSA) is 29.1 Å². The maximum absolute atomic E-state index is 12.2. The predicted molar refractivity (Wildman–Crippen MR) is 73.7 cm³/mol. The molecule has 3 rings (SSSR count). The molecule has 0 bridgehead atoms. The summed E-state index contributed by atoms with van der Waals surface area (Å²) >= 11 is 5.17. The van der Waals surface area contributed by atoms with Crippen LogP contribution in [0.15, 0.2) is 29.2 Å². The summed E-state index contributed by atoms with van der Waals surface area (Å²) in [5.74, 6) is 0.197. The average Bonchev–Trinajstić information content (AvgIpc) is 2.98. The van der Waals surface area contributed by atoms with Gasteiger partial charge in [0.15, 0.2) is 0 Å². The second kappa shape index (κ2) is 4.32. The summed E-state index contributed by atoms with van der Waals surface area (Å²) in [6.07, 6.45) is 3.08. The molecule has 1 heterocycles. The summed E-state index contributed by atoms with van der Waals surface area (Å²) in [4.78, 5) is 13.4. The van der Waals surface area contributed by atoms with E-state index in [1.54, 1.807) is 11.8 Å². The number of carbonyl (C=O) groups is 1. The van der Waals surface area contributed by atoms with Gasteiger partial charge in [-0.3, -0.25) is 4.79 Å². The van der Waals surface area contributed by atoms with Crippen molar-refractivity contribution in [2.45, 2.75) is 34.9 Å². The monoisotopic (exact) mass is 311 g/mol. The Kier molecular flexibility index (Phi) is 2.95. The lowest BCUT2D eigenvalue weighted by atomic mass is 10.1. The summed E-state index contributed by atoms with van der Waals surface area (Å²) in [7, 11) is 0. The van der Waals surface area contributed by atoms with Crippen LogP contribution in [0.25, 0.3) is 0 Å². The summed E-state index contributed by atoms with van der Waals surface area (Å²) in [5, 5.41) is 4.12. The van der Waals surface area contributed by atoms with Gasteiger partial charge in [0.25, 0.3) is 0 Å². The number of benzene rings is 1. The molecule has 17 heavy (non-hydrogen) atoms. The first-order valence-corrected chi connectivity index (χ1v) is 7.85. The van der Waals surface area contributed by atoms with Crippen molar-refractivity contribution in [2.24, 2.45) is 0 Å². The third-order valence-corrected chi connectivity index (χ3v) is 5.83. The minimum Gasteiger partial charge on any atom is -0.349 e. The highest BCUT2D eigenvalue weighted by atomic mass is 79.9. The second-order valence-electron chi connectivity index (χ2n) is 4.82. The number of carbonyl (C=O) groups excluding carboxylic acids is 1. The van der Waals surface area contributed by atoms with Gasteiger partial charge in [0.2, 0.25) is 5.91 Å². The number of thioether (sulfide) groups is 1. The molecule has 1 fully saturated rings. The molecule has 1 N–H and O–H groups in total. The van der Waals surface area contributed by atoms with Crippen LogP contribution in [0.1, 0.15) is 18.4 Å². The van der Waals surface area contributed by atoms with Crippen LogP contribution in [-0.2, 0) is 11.2 Å². The summed E-state index contributed by atoms with van der Waals surface area (Å²) in [6, 6.07) is 8.30. The molecule has 1 aromatic rings.